The van der Waals surface area contributed by atoms with E-state index in [1.807, 2.05) is 4.90 Å². The van der Waals surface area contributed by atoms with Crippen LogP contribution in [0, 0.1) is 5.82 Å². The summed E-state index contributed by atoms with van der Waals surface area (Å²) >= 11 is 0. The third kappa shape index (κ3) is 5.04. The number of rotatable bonds is 5. The summed E-state index contributed by atoms with van der Waals surface area (Å²) in [4.78, 5) is 16.2. The van der Waals surface area contributed by atoms with Crippen molar-refractivity contribution in [3.05, 3.63) is 24.1 Å². The zero-order valence-corrected chi connectivity index (χ0v) is 18.8. The van der Waals surface area contributed by atoms with E-state index >= 15 is 0 Å². The van der Waals surface area contributed by atoms with Crippen molar-refractivity contribution in [2.45, 2.75) is 25.4 Å². The van der Waals surface area contributed by atoms with Crippen molar-refractivity contribution in [2.75, 3.05) is 63.8 Å². The van der Waals surface area contributed by atoms with Gasteiger partial charge in [0.25, 0.3) is 0 Å². The smallest absolute Gasteiger partial charge is 0.191 e. The topological polar surface area (TPSA) is 59.0 Å². The largest absolute Gasteiger partial charge is 0.357 e. The van der Waals surface area contributed by atoms with Gasteiger partial charge in [-0.25, -0.2) is 9.37 Å². The fourth-order valence-electron chi connectivity index (χ4n) is 4.29. The second kappa shape index (κ2) is 10.0. The van der Waals surface area contributed by atoms with Gasteiger partial charge < -0.3 is 15.5 Å². The summed E-state index contributed by atoms with van der Waals surface area (Å²) in [5.41, 5.74) is 0. The van der Waals surface area contributed by atoms with Gasteiger partial charge in [-0.15, -0.1) is 24.0 Å². The van der Waals surface area contributed by atoms with Crippen molar-refractivity contribution in [1.82, 2.24) is 25.4 Å². The first-order valence-corrected chi connectivity index (χ1v) is 10.1. The molecule has 2 N–H and O–H groups in total. The van der Waals surface area contributed by atoms with E-state index in [-0.39, 0.29) is 35.8 Å². The predicted octanol–water partition coefficient (Wildman–Crippen LogP) is 0.972. The highest BCUT2D eigenvalue weighted by Gasteiger charge is 2.31. The molecule has 0 amide bonds. The van der Waals surface area contributed by atoms with Gasteiger partial charge in [0.15, 0.2) is 17.6 Å². The predicted molar refractivity (Wildman–Crippen MR) is 121 cm³/mol. The lowest BCUT2D eigenvalue weighted by Crippen LogP contribution is -2.62. The average molecular weight is 503 g/mol. The normalized spacial score (nSPS) is 29.5. The molecule has 2 unspecified atom stereocenters. The zero-order chi connectivity index (χ0) is 18.6. The molecule has 5 rings (SSSR count). The Morgan fingerprint density at radius 1 is 1.25 bits per heavy atom. The van der Waals surface area contributed by atoms with Gasteiger partial charge in [0.2, 0.25) is 0 Å². The van der Waals surface area contributed by atoms with Gasteiger partial charge in [-0.05, 0) is 25.5 Å². The minimum absolute atomic E-state index is 0. The monoisotopic (exact) mass is 503 g/mol. The van der Waals surface area contributed by atoms with Gasteiger partial charge in [-0.1, -0.05) is 0 Å². The maximum Gasteiger partial charge on any atom is 0.191 e. The third-order valence-electron chi connectivity index (χ3n) is 5.76. The maximum absolute atomic E-state index is 14.0. The summed E-state index contributed by atoms with van der Waals surface area (Å²) in [6, 6.07) is 3.87. The number of pyridine rings is 1. The Balaban J connectivity index is 0.00000225. The number of piperazine rings is 3. The van der Waals surface area contributed by atoms with Crippen molar-refractivity contribution in [2.24, 2.45) is 4.99 Å². The lowest BCUT2D eigenvalue weighted by molar-refractivity contribution is 0.0174. The van der Waals surface area contributed by atoms with E-state index in [0.29, 0.717) is 11.9 Å². The number of aromatic nitrogens is 1. The minimum Gasteiger partial charge on any atom is -0.357 e. The molecule has 0 spiro atoms. The van der Waals surface area contributed by atoms with Gasteiger partial charge in [0.05, 0.1) is 6.54 Å². The summed E-state index contributed by atoms with van der Waals surface area (Å²) in [5.74, 6) is 1.06. The first kappa shape index (κ1) is 21.5. The molecule has 0 radical (unpaired) electrons. The Labute approximate surface area is 183 Å². The molecule has 7 nitrogen and oxygen atoms in total. The van der Waals surface area contributed by atoms with Crippen molar-refractivity contribution in [1.29, 1.82) is 0 Å². The molecule has 4 fully saturated rings. The summed E-state index contributed by atoms with van der Waals surface area (Å²) in [6.07, 6.45) is 2.59. The van der Waals surface area contributed by atoms with Crippen LogP contribution in [0.15, 0.2) is 23.3 Å². The number of aliphatic imine (C=N–C) groups is 1. The molecule has 1 aromatic heterocycles. The van der Waals surface area contributed by atoms with Gasteiger partial charge in [0, 0.05) is 70.6 Å². The first-order valence-electron chi connectivity index (χ1n) is 10.1. The van der Waals surface area contributed by atoms with E-state index in [9.17, 15) is 4.39 Å². The standard InChI is InChI=1S/C19H30FN7.HI/c1-2-21-19(23-12-16-14-25-8-10-26(16)11-9-25)24-15-5-7-27(13-15)18-17(20)4-3-6-22-18;/h3-4,6,15-16H,2,5,7-14H2,1H3,(H2,21,23,24);1H. The second-order valence-electron chi connectivity index (χ2n) is 7.59. The Morgan fingerprint density at radius 2 is 2.07 bits per heavy atom. The maximum atomic E-state index is 14.0. The van der Waals surface area contributed by atoms with Crippen LogP contribution in [0.2, 0.25) is 0 Å². The molecule has 2 atom stereocenters. The van der Waals surface area contributed by atoms with Gasteiger partial charge >= 0.3 is 0 Å². The first-order chi connectivity index (χ1) is 13.2. The van der Waals surface area contributed by atoms with Crippen molar-refractivity contribution >= 4 is 35.8 Å². The van der Waals surface area contributed by atoms with Crippen LogP contribution in [-0.4, -0.2) is 91.7 Å². The lowest BCUT2D eigenvalue weighted by Gasteiger charge is -2.47. The molecule has 156 valence electrons. The quantitative estimate of drug-likeness (QED) is 0.355. The van der Waals surface area contributed by atoms with E-state index in [2.05, 4.69) is 32.3 Å². The van der Waals surface area contributed by atoms with Crippen LogP contribution in [0.1, 0.15) is 13.3 Å². The zero-order valence-electron chi connectivity index (χ0n) is 16.5. The average Bonchev–Trinajstić information content (AvgIpc) is 3.16. The van der Waals surface area contributed by atoms with Gasteiger partial charge in [-0.3, -0.25) is 14.8 Å². The Morgan fingerprint density at radius 3 is 2.75 bits per heavy atom. The van der Waals surface area contributed by atoms with Crippen LogP contribution in [0.4, 0.5) is 10.2 Å². The van der Waals surface area contributed by atoms with Crippen LogP contribution < -0.4 is 15.5 Å². The molecule has 5 heterocycles. The van der Waals surface area contributed by atoms with E-state index in [1.54, 1.807) is 12.3 Å². The molecular weight excluding hydrogens is 472 g/mol. The molecule has 4 saturated heterocycles. The SMILES string of the molecule is CCNC(=NCC1CN2CCN1CC2)NC1CCN(c2ncccc2F)C1.I. The molecule has 0 saturated carbocycles. The fraction of sp³-hybridized carbons (Fsp3) is 0.684. The molecule has 1 aromatic rings. The van der Waals surface area contributed by atoms with Crippen molar-refractivity contribution in [3.63, 3.8) is 0 Å². The minimum atomic E-state index is -0.255. The highest BCUT2D eigenvalue weighted by atomic mass is 127. The molecule has 4 aliphatic heterocycles. The van der Waals surface area contributed by atoms with Gasteiger partial charge in [0.1, 0.15) is 0 Å². The van der Waals surface area contributed by atoms with Crippen molar-refractivity contribution < 1.29 is 4.39 Å². The number of nitrogens with one attached hydrogen (secondary N) is 2. The molecule has 0 aromatic carbocycles. The number of hydrogen-bond donors (Lipinski definition) is 2. The lowest BCUT2D eigenvalue weighted by atomic mass is 10.1. The molecule has 4 aliphatic rings. The van der Waals surface area contributed by atoms with E-state index < -0.39 is 0 Å². The van der Waals surface area contributed by atoms with E-state index in [0.717, 1.165) is 58.2 Å². The number of halogens is 2. The number of guanidine groups is 1. The molecule has 2 bridgehead atoms. The van der Waals surface area contributed by atoms with Crippen LogP contribution >= 0.6 is 24.0 Å². The second-order valence-corrected chi connectivity index (χ2v) is 7.59. The van der Waals surface area contributed by atoms with E-state index in [1.165, 1.54) is 19.2 Å². The van der Waals surface area contributed by atoms with E-state index in [4.69, 9.17) is 4.99 Å². The number of nitrogens with zero attached hydrogens (tertiary/aromatic N) is 5. The van der Waals surface area contributed by atoms with Crippen LogP contribution in [0.25, 0.3) is 0 Å². The van der Waals surface area contributed by atoms with Crippen LogP contribution in [0.3, 0.4) is 0 Å². The summed E-state index contributed by atoms with van der Waals surface area (Å²) in [5, 5.41) is 6.89. The highest BCUT2D eigenvalue weighted by molar-refractivity contribution is 14.0. The Hall–Kier alpha value is -1.20. The molecular formula is C19H31FIN7. The van der Waals surface area contributed by atoms with Crippen molar-refractivity contribution in [3.8, 4) is 0 Å². The molecule has 0 aliphatic carbocycles. The third-order valence-corrected chi connectivity index (χ3v) is 5.76. The number of hydrogen-bond acceptors (Lipinski definition) is 5. The summed E-state index contributed by atoms with van der Waals surface area (Å²) in [6.45, 7) is 11.1. The Kier molecular flexibility index (Phi) is 7.69. The fourth-order valence-corrected chi connectivity index (χ4v) is 4.29. The highest BCUT2D eigenvalue weighted by Crippen LogP contribution is 2.21. The van der Waals surface area contributed by atoms with Crippen LogP contribution in [0.5, 0.6) is 0 Å². The van der Waals surface area contributed by atoms with Gasteiger partial charge in [-0.2, -0.15) is 0 Å². The molecule has 9 heteroatoms. The summed E-state index contributed by atoms with van der Waals surface area (Å²) in [7, 11) is 0. The molecule has 28 heavy (non-hydrogen) atoms. The number of fused-ring (bicyclic) bond motifs is 3. The van der Waals surface area contributed by atoms with Crippen LogP contribution in [-0.2, 0) is 0 Å². The number of anilines is 1. The summed E-state index contributed by atoms with van der Waals surface area (Å²) < 4.78 is 14.0. The Bertz CT molecular complexity index is 665.